The van der Waals surface area contributed by atoms with Crippen LogP contribution in [0.5, 0.6) is 11.5 Å². The predicted molar refractivity (Wildman–Crippen MR) is 347 cm³/mol. The molecule has 0 unspecified atom stereocenters. The maximum atomic E-state index is 6.83. The second-order valence-corrected chi connectivity index (χ2v) is 30.4. The quantitative estimate of drug-likeness (QED) is 0.113. The third kappa shape index (κ3) is 12.6. The fourth-order valence-electron chi connectivity index (χ4n) is 10.8. The van der Waals surface area contributed by atoms with Crippen LogP contribution in [0.25, 0.3) is 72.6 Å². The van der Waals surface area contributed by atoms with Gasteiger partial charge < -0.3 is 13.9 Å². The molecule has 438 valence electrons. The van der Waals surface area contributed by atoms with E-state index in [1.165, 1.54) is 38.9 Å². The van der Waals surface area contributed by atoms with E-state index in [-0.39, 0.29) is 59.0 Å². The summed E-state index contributed by atoms with van der Waals surface area (Å²) in [5, 5.41) is 7.97. The van der Waals surface area contributed by atoms with Gasteiger partial charge >= 0.3 is 0 Å². The van der Waals surface area contributed by atoms with E-state index in [0.29, 0.717) is 17.2 Å². The number of para-hydroxylation sites is 1. The van der Waals surface area contributed by atoms with Crippen molar-refractivity contribution in [3.63, 3.8) is 0 Å². The first kappa shape index (κ1) is 61.7. The van der Waals surface area contributed by atoms with Gasteiger partial charge in [0.05, 0.1) is 0 Å². The molecule has 0 amide bonds. The molecule has 0 radical (unpaired) electrons. The Morgan fingerprint density at radius 3 is 1.39 bits per heavy atom. The molecule has 7 aromatic carbocycles. The average Bonchev–Trinajstić information content (AvgIpc) is 1.69. The van der Waals surface area contributed by atoms with Crippen molar-refractivity contribution in [1.82, 2.24) is 19.3 Å². The third-order valence-electron chi connectivity index (χ3n) is 16.3. The number of rotatable bonds is 8. The number of hydrogen-bond donors (Lipinski definition) is 0. The van der Waals surface area contributed by atoms with E-state index in [2.05, 4.69) is 288 Å². The number of hydrogen-bond acceptors (Lipinski definition) is 3. The monoisotopic (exact) mass is 1290 g/mol. The molecule has 0 bridgehead atoms. The van der Waals surface area contributed by atoms with Crippen molar-refractivity contribution in [2.75, 3.05) is 0 Å². The Labute approximate surface area is 517 Å². The molecule has 84 heavy (non-hydrogen) atoms. The minimum absolute atomic E-state index is 0. The Kier molecular flexibility index (Phi) is 16.1. The van der Waals surface area contributed by atoms with Gasteiger partial charge in [-0.25, -0.2) is 4.98 Å². The second-order valence-electron chi connectivity index (χ2n) is 30.4. The minimum Gasteiger partial charge on any atom is -0.510 e. The van der Waals surface area contributed by atoms with Crippen LogP contribution in [-0.4, -0.2) is 19.3 Å². The molecule has 3 heterocycles. The van der Waals surface area contributed by atoms with E-state index in [1.807, 2.05) is 35.1 Å². The maximum absolute atomic E-state index is 6.83. The second kappa shape index (κ2) is 21.9. The Bertz CT molecular complexity index is 3910. The summed E-state index contributed by atoms with van der Waals surface area (Å²) in [7, 11) is 0. The molecular weight excluding hydrogens is 1210 g/mol. The predicted octanol–water partition coefficient (Wildman–Crippen LogP) is 19.9. The first-order valence-corrected chi connectivity index (χ1v) is 29.7. The Balaban J connectivity index is 0.00000846. The molecule has 0 saturated heterocycles. The van der Waals surface area contributed by atoms with Crippen LogP contribution in [0.2, 0.25) is 0 Å². The van der Waals surface area contributed by atoms with Crippen LogP contribution in [-0.2, 0) is 59.0 Å². The minimum atomic E-state index is -0.149. The molecule has 10 aromatic rings. The Morgan fingerprint density at radius 1 is 0.429 bits per heavy atom. The number of nitrogens with zero attached hydrogens (tertiary/aromatic N) is 5. The fourth-order valence-corrected chi connectivity index (χ4v) is 10.8. The van der Waals surface area contributed by atoms with Crippen LogP contribution >= 0.6 is 0 Å². The summed E-state index contributed by atoms with van der Waals surface area (Å²) in [6.07, 6.45) is 5.76. The number of aromatic nitrogens is 5. The Hall–Kier alpha value is -6.88. The molecule has 6 nitrogen and oxygen atoms in total. The topological polar surface area (TPSA) is 48.8 Å². The van der Waals surface area contributed by atoms with E-state index in [0.717, 1.165) is 67.0 Å². The van der Waals surface area contributed by atoms with Crippen molar-refractivity contribution in [2.24, 2.45) is 0 Å². The van der Waals surface area contributed by atoms with E-state index in [4.69, 9.17) is 14.8 Å². The van der Waals surface area contributed by atoms with Crippen LogP contribution in [0.15, 0.2) is 146 Å². The van der Waals surface area contributed by atoms with Gasteiger partial charge in [0.25, 0.3) is 0 Å². The van der Waals surface area contributed by atoms with Crippen molar-refractivity contribution in [3.8, 4) is 62.3 Å². The van der Waals surface area contributed by atoms with Crippen molar-refractivity contribution < 1.29 is 30.4 Å². The van der Waals surface area contributed by atoms with E-state index in [9.17, 15) is 0 Å². The summed E-state index contributed by atoms with van der Waals surface area (Å²) < 4.78 is 13.1. The largest absolute Gasteiger partial charge is 0.510 e. The molecule has 0 aliphatic carbocycles. The molecule has 0 spiro atoms. The summed E-state index contributed by atoms with van der Waals surface area (Å²) >= 11 is 0. The molecule has 0 aliphatic rings. The van der Waals surface area contributed by atoms with E-state index >= 15 is 0 Å². The van der Waals surface area contributed by atoms with E-state index in [1.54, 1.807) is 0 Å². The zero-order chi connectivity index (χ0) is 60.1. The smallest absolute Gasteiger partial charge is 0.233 e. The van der Waals surface area contributed by atoms with Gasteiger partial charge in [0.1, 0.15) is 5.82 Å². The van der Waals surface area contributed by atoms with Crippen LogP contribution in [0.3, 0.4) is 0 Å². The molecule has 7 heteroatoms. The maximum Gasteiger partial charge on any atom is 0.233 e. The summed E-state index contributed by atoms with van der Waals surface area (Å²) in [5.74, 6) is 2.69. The summed E-state index contributed by atoms with van der Waals surface area (Å²) in [6, 6.07) is 58.6. The van der Waals surface area contributed by atoms with Crippen molar-refractivity contribution in [2.45, 2.75) is 183 Å². The fraction of sp³-hybridized carbons (Fsp3) is 0.364. The van der Waals surface area contributed by atoms with Crippen molar-refractivity contribution in [3.05, 3.63) is 203 Å². The van der Waals surface area contributed by atoms with Gasteiger partial charge in [-0.1, -0.05) is 242 Å². The van der Waals surface area contributed by atoms with E-state index < -0.39 is 0 Å². The van der Waals surface area contributed by atoms with Crippen LogP contribution in [0.4, 0.5) is 0 Å². The average molecular weight is 1290 g/mol. The number of fused-ring (bicyclic) bond motifs is 3. The third-order valence-corrected chi connectivity index (χ3v) is 16.3. The summed E-state index contributed by atoms with van der Waals surface area (Å²) in [4.78, 5) is 4.92. The van der Waals surface area contributed by atoms with Gasteiger partial charge in [0.2, 0.25) is 12.2 Å². The first-order valence-electron chi connectivity index (χ1n) is 29.7. The van der Waals surface area contributed by atoms with Crippen molar-refractivity contribution in [1.29, 1.82) is 0 Å². The molecule has 0 saturated carbocycles. The molecule has 0 N–H and O–H groups in total. The standard InChI is InChI=1S/C77H87N5O.Pt/c1-71(2,3)51-34-35-78-68(45-51)82-66-31-23-22-28-64(66)65-33-32-61(47-67(65)82)83-60-27-24-26-58(46-60)81-48-80(59-43-56(76(16,17)18)42-57(44-59)77(19,20)21)70(79-81)69-62(49-36-52(72(4,5)6)40-53(37-49)73(7,8)9)29-25-30-63(69)50-38-54(74(10,11)12)41-55(39-50)75(13,14)15;/h22-45H,1-21H3;/q-2;. The molecule has 0 aliphatic heterocycles. The van der Waals surface area contributed by atoms with Gasteiger partial charge in [-0.2, -0.15) is 22.9 Å². The van der Waals surface area contributed by atoms with Crippen LogP contribution < -0.4 is 9.30 Å². The number of pyridine rings is 1. The van der Waals surface area contributed by atoms with Gasteiger partial charge in [-0.3, -0.25) is 0 Å². The SMILES string of the molecule is CC(C)(C)c1cc(-c2cccc(-c3cc(C(C)(C)C)cc(C(C)(C)C)c3)c2-c2nn(-c3[c-]c(Oc4[c-]c5c(cc4)c4ccccc4n5-c4cc(C(C)(C)C)ccn4)ccc3)[c-][n+]2-c2cc(C(C)(C)C)cc(C(C)(C)C)c2)cc(C(C)(C)C)c1.[Pt]. The molecule has 3 aromatic heterocycles. The van der Waals surface area contributed by atoms with Gasteiger partial charge in [0, 0.05) is 55.5 Å². The molecule has 10 rings (SSSR count). The zero-order valence-electron chi connectivity index (χ0n) is 53.8. The van der Waals surface area contributed by atoms with Gasteiger partial charge in [0.15, 0.2) is 0 Å². The van der Waals surface area contributed by atoms with Crippen LogP contribution in [0.1, 0.15) is 184 Å². The normalized spacial score (nSPS) is 13.0. The zero-order valence-corrected chi connectivity index (χ0v) is 56.1. The first-order chi connectivity index (χ1) is 38.5. The number of benzene rings is 7. The Morgan fingerprint density at radius 2 is 0.893 bits per heavy atom. The summed E-state index contributed by atoms with van der Waals surface area (Å²) in [5.41, 5.74) is 17.1. The van der Waals surface area contributed by atoms with Gasteiger partial charge in [-0.05, 0) is 133 Å². The number of ether oxygens (including phenoxy) is 1. The molecule has 0 fully saturated rings. The van der Waals surface area contributed by atoms with Crippen molar-refractivity contribution >= 4 is 21.8 Å². The van der Waals surface area contributed by atoms with Gasteiger partial charge in [-0.15, -0.1) is 29.7 Å². The van der Waals surface area contributed by atoms with Crippen LogP contribution in [0, 0.1) is 18.5 Å². The summed E-state index contributed by atoms with van der Waals surface area (Å²) in [6.45, 7) is 48.3. The molecular formula is C77H87N5OPt-2. The molecule has 0 atom stereocenters.